The number of carbonyl (C=O) groups is 3. The van der Waals surface area contributed by atoms with Crippen molar-refractivity contribution in [3.05, 3.63) is 89.5 Å². The topological polar surface area (TPSA) is 117 Å². The highest BCUT2D eigenvalue weighted by Gasteiger charge is 2.42. The number of aryl methyl sites for hydroxylation is 1. The Balaban J connectivity index is 2.09. The fourth-order valence-electron chi connectivity index (χ4n) is 4.67. The van der Waals surface area contributed by atoms with E-state index in [1.165, 1.54) is 17.0 Å². The number of phenolic OH excluding ortho intramolecular Hbond substituents is 1. The molecule has 0 saturated carbocycles. The van der Waals surface area contributed by atoms with E-state index in [9.17, 15) is 19.5 Å². The van der Waals surface area contributed by atoms with Crippen LogP contribution in [0, 0.1) is 6.92 Å². The molecule has 0 saturated heterocycles. The van der Waals surface area contributed by atoms with Crippen LogP contribution in [0.1, 0.15) is 64.3 Å². The third-order valence-electron chi connectivity index (χ3n) is 6.55. The van der Waals surface area contributed by atoms with Gasteiger partial charge in [-0.15, -0.1) is 0 Å². The molecule has 9 heteroatoms. The second-order valence-electron chi connectivity index (χ2n) is 12.5. The number of nitrogens with zero attached hydrogens (tertiary/aromatic N) is 1. The summed E-state index contributed by atoms with van der Waals surface area (Å²) in [4.78, 5) is 43.2. The molecule has 0 fully saturated rings. The Labute approximate surface area is 254 Å². The maximum absolute atomic E-state index is 14.6. The van der Waals surface area contributed by atoms with Crippen LogP contribution >= 0.6 is 0 Å². The highest BCUT2D eigenvalue weighted by atomic mass is 16.6. The first-order valence-electron chi connectivity index (χ1n) is 14.2. The van der Waals surface area contributed by atoms with Crippen molar-refractivity contribution >= 4 is 23.6 Å². The second-order valence-corrected chi connectivity index (χ2v) is 12.5. The molecule has 0 aliphatic rings. The van der Waals surface area contributed by atoms with Crippen LogP contribution in [0.3, 0.4) is 0 Å². The Kier molecular flexibility index (Phi) is 10.5. The predicted octanol–water partition coefficient (Wildman–Crippen LogP) is 6.15. The normalized spacial score (nSPS) is 12.9. The molecule has 0 aliphatic heterocycles. The number of nitrogens with one attached hydrogen (secondary N) is 2. The number of phenols is 1. The Morgan fingerprint density at radius 2 is 1.53 bits per heavy atom. The lowest BCUT2D eigenvalue weighted by atomic mass is 9.93. The van der Waals surface area contributed by atoms with Crippen molar-refractivity contribution in [2.45, 2.75) is 78.1 Å². The van der Waals surface area contributed by atoms with Crippen LogP contribution in [-0.2, 0) is 20.7 Å². The molecule has 3 aromatic rings. The number of benzene rings is 3. The standard InChI is InChI=1S/C34H43N3O6/c1-22-10-9-11-24(20-22)29(30(39)35-25-14-18-27(42-8)19-15-25)37(33(2,3)4)31(40)28(36-32(41)43-34(5,6)7)21-23-12-16-26(38)17-13-23/h9-20,28-29,38H,21H2,1-8H3,(H,35,39)(H,36,41). The molecule has 0 aromatic heterocycles. The zero-order valence-corrected chi connectivity index (χ0v) is 26.2. The third-order valence-corrected chi connectivity index (χ3v) is 6.55. The molecule has 0 bridgehead atoms. The molecule has 0 heterocycles. The summed E-state index contributed by atoms with van der Waals surface area (Å²) >= 11 is 0. The van der Waals surface area contributed by atoms with E-state index in [1.807, 2.05) is 52.0 Å². The number of anilines is 1. The summed E-state index contributed by atoms with van der Waals surface area (Å²) < 4.78 is 10.7. The SMILES string of the molecule is COc1ccc(NC(=O)C(c2cccc(C)c2)N(C(=O)C(Cc2ccc(O)cc2)NC(=O)OC(C)(C)C)C(C)(C)C)cc1. The highest BCUT2D eigenvalue weighted by Crippen LogP contribution is 2.32. The van der Waals surface area contributed by atoms with Crippen molar-refractivity contribution in [3.8, 4) is 11.5 Å². The van der Waals surface area contributed by atoms with Gasteiger partial charge in [0.1, 0.15) is 29.2 Å². The first kappa shape index (κ1) is 33.0. The number of carbonyl (C=O) groups excluding carboxylic acids is 3. The number of alkyl carbamates (subject to hydrolysis) is 1. The van der Waals surface area contributed by atoms with Crippen LogP contribution < -0.4 is 15.4 Å². The molecule has 230 valence electrons. The van der Waals surface area contributed by atoms with Crippen molar-refractivity contribution < 1.29 is 29.0 Å². The quantitative estimate of drug-likeness (QED) is 0.276. The monoisotopic (exact) mass is 589 g/mol. The van der Waals surface area contributed by atoms with Crippen molar-refractivity contribution in [2.24, 2.45) is 0 Å². The van der Waals surface area contributed by atoms with E-state index < -0.39 is 41.1 Å². The van der Waals surface area contributed by atoms with Crippen LogP contribution in [0.25, 0.3) is 0 Å². The number of aromatic hydroxyl groups is 1. The Morgan fingerprint density at radius 3 is 2.07 bits per heavy atom. The summed E-state index contributed by atoms with van der Waals surface area (Å²) in [6.45, 7) is 12.7. The number of hydrogen-bond acceptors (Lipinski definition) is 6. The maximum Gasteiger partial charge on any atom is 0.408 e. The Hall–Kier alpha value is -4.53. The summed E-state index contributed by atoms with van der Waals surface area (Å²) in [5.41, 5.74) is 1.14. The molecule has 0 radical (unpaired) electrons. The van der Waals surface area contributed by atoms with Gasteiger partial charge in [0, 0.05) is 17.6 Å². The Bertz CT molecular complexity index is 1410. The summed E-state index contributed by atoms with van der Waals surface area (Å²) in [7, 11) is 1.56. The fraction of sp³-hybridized carbons (Fsp3) is 0.382. The van der Waals surface area contributed by atoms with E-state index in [4.69, 9.17) is 9.47 Å². The molecule has 0 spiro atoms. The van der Waals surface area contributed by atoms with Crippen molar-refractivity contribution in [2.75, 3.05) is 12.4 Å². The first-order chi connectivity index (χ1) is 20.1. The molecule has 9 nitrogen and oxygen atoms in total. The van der Waals surface area contributed by atoms with Crippen LogP contribution in [0.15, 0.2) is 72.8 Å². The zero-order valence-electron chi connectivity index (χ0n) is 26.2. The van der Waals surface area contributed by atoms with Gasteiger partial charge in [-0.1, -0.05) is 42.0 Å². The lowest BCUT2D eigenvalue weighted by Gasteiger charge is -2.43. The second kappa shape index (κ2) is 13.6. The van der Waals surface area contributed by atoms with Gasteiger partial charge in [-0.05, 0) is 96.0 Å². The van der Waals surface area contributed by atoms with Gasteiger partial charge >= 0.3 is 6.09 Å². The summed E-state index contributed by atoms with van der Waals surface area (Å²) in [5, 5.41) is 15.5. The van der Waals surface area contributed by atoms with Gasteiger partial charge in [0.25, 0.3) is 5.91 Å². The minimum atomic E-state index is -1.08. The highest BCUT2D eigenvalue weighted by molar-refractivity contribution is 5.99. The predicted molar refractivity (Wildman–Crippen MR) is 167 cm³/mol. The fourth-order valence-corrected chi connectivity index (χ4v) is 4.67. The average Bonchev–Trinajstić information content (AvgIpc) is 2.90. The van der Waals surface area contributed by atoms with Crippen LogP contribution in [-0.4, -0.2) is 52.2 Å². The van der Waals surface area contributed by atoms with Gasteiger partial charge in [0.15, 0.2) is 0 Å². The van der Waals surface area contributed by atoms with E-state index in [0.717, 1.165) is 5.56 Å². The number of amides is 3. The molecular formula is C34H43N3O6. The van der Waals surface area contributed by atoms with Gasteiger partial charge in [-0.2, -0.15) is 0 Å². The van der Waals surface area contributed by atoms with E-state index in [-0.39, 0.29) is 12.2 Å². The summed E-state index contributed by atoms with van der Waals surface area (Å²) in [6.07, 6.45) is -0.653. The summed E-state index contributed by atoms with van der Waals surface area (Å²) in [5.74, 6) is -0.162. The Morgan fingerprint density at radius 1 is 0.907 bits per heavy atom. The van der Waals surface area contributed by atoms with Crippen LogP contribution in [0.2, 0.25) is 0 Å². The van der Waals surface area contributed by atoms with Crippen LogP contribution in [0.5, 0.6) is 11.5 Å². The molecule has 3 aromatic carbocycles. The number of hydrogen-bond donors (Lipinski definition) is 3. The smallest absolute Gasteiger partial charge is 0.408 e. The van der Waals surface area contributed by atoms with Gasteiger partial charge in [-0.3, -0.25) is 9.59 Å². The lowest BCUT2D eigenvalue weighted by Crippen LogP contribution is -2.58. The number of ether oxygens (including phenoxy) is 2. The molecule has 2 atom stereocenters. The van der Waals surface area contributed by atoms with Crippen molar-refractivity contribution in [1.82, 2.24) is 10.2 Å². The van der Waals surface area contributed by atoms with Gasteiger partial charge in [0.05, 0.1) is 7.11 Å². The molecular weight excluding hydrogens is 546 g/mol. The van der Waals surface area contributed by atoms with E-state index in [2.05, 4.69) is 10.6 Å². The van der Waals surface area contributed by atoms with Gasteiger partial charge < -0.3 is 30.1 Å². The zero-order chi connectivity index (χ0) is 31.9. The van der Waals surface area contributed by atoms with E-state index in [1.54, 1.807) is 64.3 Å². The first-order valence-corrected chi connectivity index (χ1v) is 14.2. The van der Waals surface area contributed by atoms with Crippen molar-refractivity contribution in [1.29, 1.82) is 0 Å². The molecule has 2 unspecified atom stereocenters. The third kappa shape index (κ3) is 9.49. The summed E-state index contributed by atoms with van der Waals surface area (Å²) in [6, 6.07) is 18.7. The lowest BCUT2D eigenvalue weighted by molar-refractivity contribution is -0.146. The number of rotatable bonds is 9. The average molecular weight is 590 g/mol. The largest absolute Gasteiger partial charge is 0.508 e. The molecule has 3 N–H and O–H groups in total. The minimum absolute atomic E-state index is 0.0813. The van der Waals surface area contributed by atoms with Crippen LogP contribution in [0.4, 0.5) is 10.5 Å². The maximum atomic E-state index is 14.6. The molecule has 43 heavy (non-hydrogen) atoms. The molecule has 0 aliphatic carbocycles. The van der Waals surface area contributed by atoms with E-state index in [0.29, 0.717) is 22.6 Å². The molecule has 3 rings (SSSR count). The van der Waals surface area contributed by atoms with Gasteiger partial charge in [0.2, 0.25) is 5.91 Å². The minimum Gasteiger partial charge on any atom is -0.508 e. The number of methoxy groups -OCH3 is 1. The van der Waals surface area contributed by atoms with Gasteiger partial charge in [-0.25, -0.2) is 4.79 Å². The molecule has 3 amide bonds. The van der Waals surface area contributed by atoms with Crippen molar-refractivity contribution in [3.63, 3.8) is 0 Å². The van der Waals surface area contributed by atoms with E-state index >= 15 is 0 Å².